The Morgan fingerprint density at radius 3 is 2.00 bits per heavy atom. The fourth-order valence-corrected chi connectivity index (χ4v) is 0. The summed E-state index contributed by atoms with van der Waals surface area (Å²) in [4.78, 5) is 0.0683. The summed E-state index contributed by atoms with van der Waals surface area (Å²) < 4.78 is 0. The maximum absolute atomic E-state index is 2.50. The lowest BCUT2D eigenvalue weighted by Crippen LogP contribution is -1.17. The lowest BCUT2D eigenvalue weighted by molar-refractivity contribution is 2.48. The summed E-state index contributed by atoms with van der Waals surface area (Å²) in [6, 6.07) is 0. The molecule has 0 aromatic carbocycles. The Bertz CT molecular complexity index is 45.6. The lowest BCUT2D eigenvalue weighted by atomic mass is 12.0. The zero-order chi connectivity index (χ0) is 4.28. The van der Waals surface area contributed by atoms with E-state index in [4.69, 9.17) is 0 Å². The summed E-state index contributed by atoms with van der Waals surface area (Å²) in [5, 5.41) is 0. The van der Waals surface area contributed by atoms with Crippen LogP contribution in [0.5, 0.6) is 0 Å². The van der Waals surface area contributed by atoms with Crippen LogP contribution >= 0.6 is 34.8 Å². The van der Waals surface area contributed by atoms with Crippen LogP contribution in [-0.2, 0) is 0 Å². The molecule has 0 radical (unpaired) electrons. The van der Waals surface area contributed by atoms with Gasteiger partial charge in [0.1, 0.15) is 0 Å². The normalized spacial score (nSPS) is 15.8. The molecule has 1 atom stereocenters. The Kier molecular flexibility index (Phi) is 4.71. The zero-order valence-corrected chi connectivity index (χ0v) is 7.38. The van der Waals surface area contributed by atoms with Gasteiger partial charge in [-0.25, -0.2) is 0 Å². The summed E-state index contributed by atoms with van der Waals surface area (Å²) in [6.45, 7) is 4.51. The summed E-state index contributed by atoms with van der Waals surface area (Å²) >= 11 is 2.50. The van der Waals surface area contributed by atoms with E-state index in [1.165, 1.54) is 0 Å². The van der Waals surface area contributed by atoms with Crippen LogP contribution in [0.25, 0.3) is 0 Å². The van der Waals surface area contributed by atoms with Crippen LogP contribution in [-0.4, -0.2) is 13.3 Å². The van der Waals surface area contributed by atoms with E-state index in [0.717, 1.165) is 0 Å². The molecule has 0 spiro atoms. The molecule has 0 nitrogen and oxygen atoms in total. The summed E-state index contributed by atoms with van der Waals surface area (Å²) in [7, 11) is 1.59. The van der Waals surface area contributed by atoms with Crippen LogP contribution in [0.3, 0.4) is 0 Å². The fraction of sp³-hybridized carbons (Fsp3) is 1.00. The van der Waals surface area contributed by atoms with Gasteiger partial charge in [0.05, 0.1) is 0 Å². The van der Waals surface area contributed by atoms with Crippen molar-refractivity contribution in [3.05, 3.63) is 0 Å². The molecule has 0 aliphatic carbocycles. The molecule has 0 aliphatic heterocycles. The first-order chi connectivity index (χ1) is 2.27. The van der Waals surface area contributed by atoms with Crippen molar-refractivity contribution in [2.45, 2.75) is 0 Å². The van der Waals surface area contributed by atoms with E-state index >= 15 is 0 Å². The molecule has 0 aromatic heterocycles. The average Bonchev–Trinajstić information content (AvgIpc) is 1.38. The summed E-state index contributed by atoms with van der Waals surface area (Å²) in [5.74, 6) is 0. The molecule has 0 heterocycles. The summed E-state index contributed by atoms with van der Waals surface area (Å²) in [5.41, 5.74) is 0. The molecular formula is C2H7IP2. The van der Waals surface area contributed by atoms with Crippen molar-refractivity contribution in [1.29, 1.82) is 0 Å². The van der Waals surface area contributed by atoms with Crippen LogP contribution in [0.1, 0.15) is 0 Å². The first kappa shape index (κ1) is 6.46. The average molecular weight is 220 g/mol. The van der Waals surface area contributed by atoms with Crippen LogP contribution in [0.2, 0.25) is 0 Å². The maximum atomic E-state index is 2.50. The summed E-state index contributed by atoms with van der Waals surface area (Å²) in [6.07, 6.45) is 0. The highest BCUT2D eigenvalue weighted by Gasteiger charge is 1.62. The SMILES string of the molecule is CP=[PH](C)I. The van der Waals surface area contributed by atoms with Crippen molar-refractivity contribution in [3.63, 3.8) is 0 Å². The van der Waals surface area contributed by atoms with Crippen LogP contribution < -0.4 is 0 Å². The van der Waals surface area contributed by atoms with E-state index < -0.39 is 0 Å². The molecule has 0 fully saturated rings. The number of hydrogen-bond acceptors (Lipinski definition) is 0. The quantitative estimate of drug-likeness (QED) is 0.434. The highest BCUT2D eigenvalue weighted by molar-refractivity contribution is 14.2. The third-order valence-electron chi connectivity index (χ3n) is 0.308. The third kappa shape index (κ3) is 5.46. The van der Waals surface area contributed by atoms with Gasteiger partial charge in [-0.2, -0.15) is 0 Å². The minimum Gasteiger partial charge on any atom is -0.105 e. The van der Waals surface area contributed by atoms with Gasteiger partial charge in [0, 0.05) is 0 Å². The van der Waals surface area contributed by atoms with Crippen molar-refractivity contribution in [2.24, 2.45) is 0 Å². The Balaban J connectivity index is 3.14. The van der Waals surface area contributed by atoms with Crippen molar-refractivity contribution >= 4 is 34.8 Å². The van der Waals surface area contributed by atoms with E-state index in [9.17, 15) is 0 Å². The highest BCUT2D eigenvalue weighted by atomic mass is 127. The van der Waals surface area contributed by atoms with Crippen molar-refractivity contribution in [3.8, 4) is 0 Å². The molecule has 3 heteroatoms. The minimum atomic E-state index is 0.0683. The van der Waals surface area contributed by atoms with Gasteiger partial charge >= 0.3 is 0 Å². The number of halogens is 1. The molecule has 0 bridgehead atoms. The molecule has 32 valence electrons. The van der Waals surface area contributed by atoms with E-state index in [2.05, 4.69) is 35.4 Å². The zero-order valence-electron chi connectivity index (χ0n) is 3.33. The van der Waals surface area contributed by atoms with Gasteiger partial charge in [0.25, 0.3) is 0 Å². The van der Waals surface area contributed by atoms with Gasteiger partial charge in [-0.1, -0.05) is 22.0 Å². The van der Waals surface area contributed by atoms with Gasteiger partial charge in [-0.05, 0) is 18.2 Å². The smallest absolute Gasteiger partial charge is 0.0220 e. The molecule has 5 heavy (non-hydrogen) atoms. The lowest BCUT2D eigenvalue weighted by Gasteiger charge is -1.72. The monoisotopic (exact) mass is 220 g/mol. The van der Waals surface area contributed by atoms with E-state index in [-0.39, 0.29) is 4.85 Å². The van der Waals surface area contributed by atoms with Crippen molar-refractivity contribution in [1.82, 2.24) is 0 Å². The van der Waals surface area contributed by atoms with Crippen molar-refractivity contribution in [2.75, 3.05) is 13.3 Å². The van der Waals surface area contributed by atoms with E-state index in [1.54, 1.807) is 7.87 Å². The molecule has 0 rings (SSSR count). The second kappa shape index (κ2) is 3.64. The van der Waals surface area contributed by atoms with E-state index in [1.807, 2.05) is 0 Å². The Morgan fingerprint density at radius 2 is 2.00 bits per heavy atom. The van der Waals surface area contributed by atoms with E-state index in [0.29, 0.717) is 0 Å². The van der Waals surface area contributed by atoms with Gasteiger partial charge in [0.2, 0.25) is 0 Å². The van der Waals surface area contributed by atoms with Gasteiger partial charge in [-0.15, -0.1) is 7.87 Å². The number of rotatable bonds is 0. The molecule has 0 aliphatic rings. The predicted molar refractivity (Wildman–Crippen MR) is 41.1 cm³/mol. The third-order valence-corrected chi connectivity index (χ3v) is 7.11. The Morgan fingerprint density at radius 1 is 1.80 bits per heavy atom. The largest absolute Gasteiger partial charge is 0.105 e. The molecular weight excluding hydrogens is 213 g/mol. The topological polar surface area (TPSA) is 0 Å². The molecule has 0 amide bonds. The molecule has 0 saturated carbocycles. The molecule has 0 saturated heterocycles. The first-order valence-electron chi connectivity index (χ1n) is 1.36. The number of hydrogen-bond donors (Lipinski definition) is 0. The Hall–Kier alpha value is 1.46. The molecule has 0 N–H and O–H groups in total. The van der Waals surface area contributed by atoms with Gasteiger partial charge < -0.3 is 0 Å². The second-order valence-electron chi connectivity index (χ2n) is 0.721. The van der Waals surface area contributed by atoms with Gasteiger partial charge in [0.15, 0.2) is 0 Å². The minimum absolute atomic E-state index is 0.0683. The van der Waals surface area contributed by atoms with Crippen LogP contribution in [0.15, 0.2) is 0 Å². The highest BCUT2D eigenvalue weighted by Crippen LogP contribution is 2.37. The van der Waals surface area contributed by atoms with Crippen LogP contribution in [0.4, 0.5) is 0 Å². The molecule has 1 unspecified atom stereocenters. The van der Waals surface area contributed by atoms with Gasteiger partial charge in [-0.3, -0.25) is 0 Å². The second-order valence-corrected chi connectivity index (χ2v) is 12.9. The first-order valence-corrected chi connectivity index (χ1v) is 8.66. The fourth-order valence-electron chi connectivity index (χ4n) is 0. The van der Waals surface area contributed by atoms with Crippen molar-refractivity contribution < 1.29 is 0 Å². The maximum Gasteiger partial charge on any atom is -0.0220 e. The molecule has 0 aromatic rings. The van der Waals surface area contributed by atoms with Crippen LogP contribution in [0, 0.1) is 0 Å². The standard InChI is InChI=1S/C2H7IP2/c1-4-5(2)3/h5H,1-2H3. The Labute approximate surface area is 48.2 Å². The predicted octanol–water partition coefficient (Wildman–Crippen LogP) is 2.67.